The van der Waals surface area contributed by atoms with Crippen LogP contribution < -0.4 is 9.47 Å². The van der Waals surface area contributed by atoms with E-state index in [1.807, 2.05) is 36.4 Å². The zero-order valence-corrected chi connectivity index (χ0v) is 12.4. The molecule has 0 saturated heterocycles. The number of benzene rings is 2. The van der Waals surface area contributed by atoms with Crippen molar-refractivity contribution >= 4 is 17.2 Å². The summed E-state index contributed by atoms with van der Waals surface area (Å²) in [4.78, 5) is 15.8. The molecule has 1 aromatic heterocycles. The molecule has 0 aliphatic heterocycles. The van der Waals surface area contributed by atoms with Gasteiger partial charge in [0.1, 0.15) is 0 Å². The summed E-state index contributed by atoms with van der Waals surface area (Å²) in [6.45, 7) is 0. The van der Waals surface area contributed by atoms with Crippen LogP contribution in [0.1, 0.15) is 10.4 Å². The maximum atomic E-state index is 11.4. The monoisotopic (exact) mass is 293 g/mol. The van der Waals surface area contributed by atoms with Gasteiger partial charge in [-0.2, -0.15) is 0 Å². The Bertz CT molecular complexity index is 838. The minimum atomic E-state index is 0.439. The first-order chi connectivity index (χ1) is 10.8. The fourth-order valence-electron chi connectivity index (χ4n) is 2.57. The van der Waals surface area contributed by atoms with Crippen LogP contribution in [0.2, 0.25) is 0 Å². The van der Waals surface area contributed by atoms with Gasteiger partial charge in [0, 0.05) is 17.1 Å². The van der Waals surface area contributed by atoms with Crippen molar-refractivity contribution < 1.29 is 14.3 Å². The number of ether oxygens (including phenoxy) is 2. The highest BCUT2D eigenvalue weighted by atomic mass is 16.5. The van der Waals surface area contributed by atoms with Crippen LogP contribution in [0.5, 0.6) is 11.5 Å². The van der Waals surface area contributed by atoms with Crippen LogP contribution >= 0.6 is 0 Å². The fraction of sp³-hybridized carbons (Fsp3) is 0.111. The lowest BCUT2D eigenvalue weighted by molar-refractivity contribution is 0.112. The van der Waals surface area contributed by atoms with Gasteiger partial charge in [0.05, 0.1) is 25.3 Å². The lowest BCUT2D eigenvalue weighted by Crippen LogP contribution is -1.97. The summed E-state index contributed by atoms with van der Waals surface area (Å²) in [7, 11) is 3.07. The van der Waals surface area contributed by atoms with E-state index < -0.39 is 0 Å². The lowest BCUT2D eigenvalue weighted by Gasteiger charge is -2.13. The van der Waals surface area contributed by atoms with Gasteiger partial charge in [0.25, 0.3) is 0 Å². The van der Waals surface area contributed by atoms with Gasteiger partial charge in [-0.1, -0.05) is 24.3 Å². The Balaban J connectivity index is 2.29. The molecule has 0 aliphatic rings. The predicted octanol–water partition coefficient (Wildman–Crippen LogP) is 3.73. The molecule has 0 atom stereocenters. The summed E-state index contributed by atoms with van der Waals surface area (Å²) in [5, 5.41) is 1.04. The van der Waals surface area contributed by atoms with Gasteiger partial charge >= 0.3 is 0 Å². The average Bonchev–Trinajstić information content (AvgIpc) is 2.59. The van der Waals surface area contributed by atoms with E-state index in [0.29, 0.717) is 17.1 Å². The van der Waals surface area contributed by atoms with Crippen molar-refractivity contribution in [2.45, 2.75) is 0 Å². The quantitative estimate of drug-likeness (QED) is 0.688. The van der Waals surface area contributed by atoms with E-state index in [2.05, 4.69) is 4.98 Å². The zero-order valence-electron chi connectivity index (χ0n) is 12.4. The summed E-state index contributed by atoms with van der Waals surface area (Å²) in [5.41, 5.74) is 3.14. The van der Waals surface area contributed by atoms with Crippen molar-refractivity contribution in [1.29, 1.82) is 0 Å². The Morgan fingerprint density at radius 3 is 2.59 bits per heavy atom. The van der Waals surface area contributed by atoms with Crippen molar-refractivity contribution in [3.63, 3.8) is 0 Å². The third-order valence-corrected chi connectivity index (χ3v) is 3.58. The highest BCUT2D eigenvalue weighted by molar-refractivity contribution is 5.95. The molecule has 0 spiro atoms. The number of pyridine rings is 1. The third-order valence-electron chi connectivity index (χ3n) is 3.58. The molecule has 2 aromatic carbocycles. The van der Waals surface area contributed by atoms with E-state index >= 15 is 0 Å². The molecular formula is C18H15NO3. The van der Waals surface area contributed by atoms with Gasteiger partial charge in [-0.25, -0.2) is 0 Å². The molecule has 0 aliphatic carbocycles. The van der Waals surface area contributed by atoms with Gasteiger partial charge in [-0.3, -0.25) is 9.78 Å². The maximum absolute atomic E-state index is 11.4. The largest absolute Gasteiger partial charge is 0.493 e. The van der Waals surface area contributed by atoms with Crippen molar-refractivity contribution in [3.05, 3.63) is 54.2 Å². The Kier molecular flexibility index (Phi) is 3.74. The molecule has 3 rings (SSSR count). The van der Waals surface area contributed by atoms with Crippen molar-refractivity contribution in [1.82, 2.24) is 4.98 Å². The van der Waals surface area contributed by atoms with Gasteiger partial charge in [-0.15, -0.1) is 0 Å². The zero-order chi connectivity index (χ0) is 15.5. The summed E-state index contributed by atoms with van der Waals surface area (Å²) < 4.78 is 10.6. The van der Waals surface area contributed by atoms with E-state index in [1.54, 1.807) is 19.4 Å². The van der Waals surface area contributed by atoms with Gasteiger partial charge in [0.2, 0.25) is 0 Å². The van der Waals surface area contributed by atoms with Gasteiger partial charge in [0.15, 0.2) is 17.8 Å². The number of hydrogen-bond donors (Lipinski definition) is 0. The Morgan fingerprint density at radius 1 is 1.05 bits per heavy atom. The molecule has 22 heavy (non-hydrogen) atoms. The molecule has 3 aromatic rings. The van der Waals surface area contributed by atoms with Crippen LogP contribution in [-0.4, -0.2) is 25.5 Å². The standard InChI is InChI=1S/C18H15NO3/c1-21-16-10-13(9-14(11-20)18(16)22-2)15-7-3-5-12-6-4-8-19-17(12)15/h3-11H,1-2H3. The molecule has 110 valence electrons. The highest BCUT2D eigenvalue weighted by Gasteiger charge is 2.14. The molecule has 0 bridgehead atoms. The Labute approximate surface area is 128 Å². The number of aldehydes is 1. The summed E-state index contributed by atoms with van der Waals surface area (Å²) in [6.07, 6.45) is 2.52. The summed E-state index contributed by atoms with van der Waals surface area (Å²) >= 11 is 0. The SMILES string of the molecule is COc1cc(-c2cccc3cccnc23)cc(C=O)c1OC. The van der Waals surface area contributed by atoms with Crippen LogP contribution in [0.15, 0.2) is 48.7 Å². The van der Waals surface area contributed by atoms with Crippen LogP contribution in [0.25, 0.3) is 22.0 Å². The molecular weight excluding hydrogens is 278 g/mol. The second kappa shape index (κ2) is 5.85. The minimum absolute atomic E-state index is 0.439. The normalized spacial score (nSPS) is 10.5. The molecule has 0 saturated carbocycles. The smallest absolute Gasteiger partial charge is 0.171 e. The first kappa shape index (κ1) is 14.1. The van der Waals surface area contributed by atoms with E-state index in [1.165, 1.54) is 7.11 Å². The number of methoxy groups -OCH3 is 2. The average molecular weight is 293 g/mol. The molecule has 1 heterocycles. The molecule has 0 unspecified atom stereocenters. The number of aromatic nitrogens is 1. The Hall–Kier alpha value is -2.88. The number of fused-ring (bicyclic) bond motifs is 1. The molecule has 0 amide bonds. The molecule has 0 N–H and O–H groups in total. The van der Waals surface area contributed by atoms with E-state index in [0.717, 1.165) is 28.3 Å². The summed E-state index contributed by atoms with van der Waals surface area (Å²) in [5.74, 6) is 0.962. The van der Waals surface area contributed by atoms with Crippen LogP contribution in [0.4, 0.5) is 0 Å². The number of nitrogens with zero attached hydrogens (tertiary/aromatic N) is 1. The van der Waals surface area contributed by atoms with Crippen molar-refractivity contribution in [3.8, 4) is 22.6 Å². The van der Waals surface area contributed by atoms with Crippen molar-refractivity contribution in [2.75, 3.05) is 14.2 Å². The molecule has 0 radical (unpaired) electrons. The fourth-order valence-corrected chi connectivity index (χ4v) is 2.57. The third kappa shape index (κ3) is 2.29. The first-order valence-corrected chi connectivity index (χ1v) is 6.83. The van der Waals surface area contributed by atoms with E-state index in [4.69, 9.17) is 9.47 Å². The number of carbonyl (C=O) groups is 1. The lowest BCUT2D eigenvalue weighted by atomic mass is 9.99. The molecule has 0 fully saturated rings. The van der Waals surface area contributed by atoms with Gasteiger partial charge in [-0.05, 0) is 23.8 Å². The summed E-state index contributed by atoms with van der Waals surface area (Å²) in [6, 6.07) is 13.5. The predicted molar refractivity (Wildman–Crippen MR) is 85.7 cm³/mol. The van der Waals surface area contributed by atoms with Crippen molar-refractivity contribution in [2.24, 2.45) is 0 Å². The second-order valence-corrected chi connectivity index (χ2v) is 4.80. The van der Waals surface area contributed by atoms with Crippen LogP contribution in [0.3, 0.4) is 0 Å². The topological polar surface area (TPSA) is 48.4 Å². The molecule has 4 nitrogen and oxygen atoms in total. The number of hydrogen-bond acceptors (Lipinski definition) is 4. The minimum Gasteiger partial charge on any atom is -0.493 e. The molecule has 4 heteroatoms. The number of carbonyl (C=O) groups excluding carboxylic acids is 1. The first-order valence-electron chi connectivity index (χ1n) is 6.83. The Morgan fingerprint density at radius 2 is 1.86 bits per heavy atom. The van der Waals surface area contributed by atoms with Crippen LogP contribution in [-0.2, 0) is 0 Å². The number of para-hydroxylation sites is 1. The van der Waals surface area contributed by atoms with Gasteiger partial charge < -0.3 is 9.47 Å². The van der Waals surface area contributed by atoms with Crippen LogP contribution in [0, 0.1) is 0 Å². The maximum Gasteiger partial charge on any atom is 0.171 e. The van der Waals surface area contributed by atoms with E-state index in [9.17, 15) is 4.79 Å². The highest BCUT2D eigenvalue weighted by Crippen LogP contribution is 2.37. The number of rotatable bonds is 4. The van der Waals surface area contributed by atoms with E-state index in [-0.39, 0.29) is 0 Å². The second-order valence-electron chi connectivity index (χ2n) is 4.80.